The highest BCUT2D eigenvalue weighted by atomic mass is 35.5. The Morgan fingerprint density at radius 1 is 1.00 bits per heavy atom. The molecule has 0 saturated carbocycles. The van der Waals surface area contributed by atoms with Crippen molar-refractivity contribution in [2.24, 2.45) is 0 Å². The van der Waals surface area contributed by atoms with Crippen LogP contribution in [-0.2, 0) is 16.1 Å². The van der Waals surface area contributed by atoms with Crippen molar-refractivity contribution in [2.75, 3.05) is 6.61 Å². The summed E-state index contributed by atoms with van der Waals surface area (Å²) in [6.07, 6.45) is 0. The lowest BCUT2D eigenvalue weighted by Gasteiger charge is -2.35. The Kier molecular flexibility index (Phi) is 6.21. The van der Waals surface area contributed by atoms with Gasteiger partial charge in [-0.1, -0.05) is 54.1 Å². The van der Waals surface area contributed by atoms with Crippen LogP contribution in [0.2, 0.25) is 5.02 Å². The van der Waals surface area contributed by atoms with Crippen LogP contribution in [0.25, 0.3) is 0 Å². The van der Waals surface area contributed by atoms with Gasteiger partial charge < -0.3 is 9.64 Å². The first-order valence-electron chi connectivity index (χ1n) is 8.05. The van der Waals surface area contributed by atoms with Crippen LogP contribution < -0.4 is 0 Å². The molecule has 0 unspecified atom stereocenters. The number of hydrogen-bond donors (Lipinski definition) is 0. The predicted octanol–water partition coefficient (Wildman–Crippen LogP) is 4.32. The number of ether oxygens (including phenoxy) is 1. The van der Waals surface area contributed by atoms with E-state index in [9.17, 15) is 9.59 Å². The van der Waals surface area contributed by atoms with Crippen LogP contribution in [0.1, 0.15) is 36.7 Å². The van der Waals surface area contributed by atoms with Crippen LogP contribution in [0, 0.1) is 0 Å². The van der Waals surface area contributed by atoms with Gasteiger partial charge in [-0.05, 0) is 38.5 Å². The number of esters is 1. The average Bonchev–Trinajstić information content (AvgIpc) is 2.57. The summed E-state index contributed by atoms with van der Waals surface area (Å²) in [6.45, 7) is 5.97. The Morgan fingerprint density at radius 2 is 1.60 bits per heavy atom. The van der Waals surface area contributed by atoms with Crippen molar-refractivity contribution in [3.63, 3.8) is 0 Å². The third-order valence-electron chi connectivity index (χ3n) is 3.71. The Bertz CT molecular complexity index is 738. The van der Waals surface area contributed by atoms with E-state index in [1.807, 2.05) is 51.1 Å². The predicted molar refractivity (Wildman–Crippen MR) is 98.5 cm³/mol. The Hall–Kier alpha value is -2.33. The van der Waals surface area contributed by atoms with Crippen molar-refractivity contribution in [3.05, 3.63) is 70.7 Å². The normalized spacial score (nSPS) is 11.0. The zero-order chi connectivity index (χ0) is 18.4. The number of hydrogen-bond acceptors (Lipinski definition) is 3. The van der Waals surface area contributed by atoms with E-state index in [4.69, 9.17) is 16.3 Å². The lowest BCUT2D eigenvalue weighted by atomic mass is 10.0. The van der Waals surface area contributed by atoms with Crippen LogP contribution in [-0.4, -0.2) is 28.9 Å². The number of carbonyl (C=O) groups is 2. The Balaban J connectivity index is 2.05. The first kappa shape index (κ1) is 19.0. The summed E-state index contributed by atoms with van der Waals surface area (Å²) in [5.74, 6) is -0.857. The fourth-order valence-corrected chi connectivity index (χ4v) is 2.59. The molecule has 2 aromatic carbocycles. The van der Waals surface area contributed by atoms with Gasteiger partial charge in [-0.2, -0.15) is 0 Å². The highest BCUT2D eigenvalue weighted by Crippen LogP contribution is 2.19. The summed E-state index contributed by atoms with van der Waals surface area (Å²) in [5.41, 5.74) is 0.870. The summed E-state index contributed by atoms with van der Waals surface area (Å²) in [7, 11) is 0. The summed E-state index contributed by atoms with van der Waals surface area (Å²) in [4.78, 5) is 26.5. The molecule has 4 nitrogen and oxygen atoms in total. The van der Waals surface area contributed by atoms with Crippen molar-refractivity contribution in [2.45, 2.75) is 32.9 Å². The molecule has 132 valence electrons. The molecule has 0 bridgehead atoms. The van der Waals surface area contributed by atoms with Gasteiger partial charge in [0.1, 0.15) is 0 Å². The fourth-order valence-electron chi connectivity index (χ4n) is 2.38. The Morgan fingerprint density at radius 3 is 2.20 bits per heavy atom. The average molecular weight is 360 g/mol. The number of rotatable bonds is 5. The van der Waals surface area contributed by atoms with Crippen molar-refractivity contribution >= 4 is 23.5 Å². The summed E-state index contributed by atoms with van der Waals surface area (Å²) in [5, 5.41) is 0.303. The van der Waals surface area contributed by atoms with Crippen molar-refractivity contribution in [3.8, 4) is 0 Å². The summed E-state index contributed by atoms with van der Waals surface area (Å²) < 4.78 is 5.17. The van der Waals surface area contributed by atoms with E-state index in [1.54, 1.807) is 29.2 Å². The highest BCUT2D eigenvalue weighted by molar-refractivity contribution is 6.33. The molecular weight excluding hydrogens is 338 g/mol. The van der Waals surface area contributed by atoms with Gasteiger partial charge in [0, 0.05) is 12.1 Å². The van der Waals surface area contributed by atoms with E-state index in [0.29, 0.717) is 11.6 Å². The van der Waals surface area contributed by atoms with Gasteiger partial charge in [-0.15, -0.1) is 0 Å². The van der Waals surface area contributed by atoms with E-state index in [0.717, 1.165) is 5.56 Å². The van der Waals surface area contributed by atoms with Gasteiger partial charge >= 0.3 is 5.97 Å². The van der Waals surface area contributed by atoms with Crippen LogP contribution in [0.5, 0.6) is 0 Å². The molecule has 0 aliphatic carbocycles. The summed E-state index contributed by atoms with van der Waals surface area (Å²) >= 11 is 5.98. The minimum absolute atomic E-state index is 0.252. The second-order valence-electron chi connectivity index (χ2n) is 6.69. The monoisotopic (exact) mass is 359 g/mol. The van der Waals surface area contributed by atoms with Gasteiger partial charge in [0.2, 0.25) is 0 Å². The highest BCUT2D eigenvalue weighted by Gasteiger charge is 2.27. The number of halogens is 1. The van der Waals surface area contributed by atoms with Crippen LogP contribution in [0.4, 0.5) is 0 Å². The molecule has 0 spiro atoms. The SMILES string of the molecule is CC(C)(C)N(Cc1ccccc1)C(=O)COC(=O)c1ccccc1Cl. The smallest absolute Gasteiger partial charge is 0.340 e. The van der Waals surface area contributed by atoms with E-state index in [2.05, 4.69) is 0 Å². The van der Waals surface area contributed by atoms with E-state index < -0.39 is 11.5 Å². The maximum atomic E-state index is 12.6. The zero-order valence-electron chi connectivity index (χ0n) is 14.7. The molecule has 5 heteroatoms. The second-order valence-corrected chi connectivity index (χ2v) is 7.10. The van der Waals surface area contributed by atoms with Gasteiger partial charge in [0.25, 0.3) is 5.91 Å². The van der Waals surface area contributed by atoms with Crippen LogP contribution in [0.3, 0.4) is 0 Å². The molecule has 25 heavy (non-hydrogen) atoms. The largest absolute Gasteiger partial charge is 0.452 e. The van der Waals surface area contributed by atoms with Crippen LogP contribution >= 0.6 is 11.6 Å². The maximum Gasteiger partial charge on any atom is 0.340 e. The number of benzene rings is 2. The molecule has 0 radical (unpaired) electrons. The molecule has 0 fully saturated rings. The number of nitrogens with zero attached hydrogens (tertiary/aromatic N) is 1. The molecule has 1 amide bonds. The van der Waals surface area contributed by atoms with Gasteiger partial charge in [-0.3, -0.25) is 4.79 Å². The molecule has 0 N–H and O–H groups in total. The van der Waals surface area contributed by atoms with Gasteiger partial charge in [0.15, 0.2) is 6.61 Å². The van der Waals surface area contributed by atoms with Crippen molar-refractivity contribution < 1.29 is 14.3 Å². The van der Waals surface area contributed by atoms with E-state index in [-0.39, 0.29) is 18.1 Å². The molecule has 0 aromatic heterocycles. The third kappa shape index (κ3) is 5.33. The minimum atomic E-state index is -0.604. The van der Waals surface area contributed by atoms with Crippen LogP contribution in [0.15, 0.2) is 54.6 Å². The van der Waals surface area contributed by atoms with E-state index in [1.165, 1.54) is 0 Å². The molecule has 0 heterocycles. The van der Waals surface area contributed by atoms with Crippen molar-refractivity contribution in [1.82, 2.24) is 4.90 Å². The first-order chi connectivity index (χ1) is 11.8. The molecule has 2 rings (SSSR count). The summed E-state index contributed by atoms with van der Waals surface area (Å²) in [6, 6.07) is 16.3. The molecule has 2 aromatic rings. The van der Waals surface area contributed by atoms with Gasteiger partial charge in [0.05, 0.1) is 10.6 Å². The Labute approximate surface area is 153 Å². The standard InChI is InChI=1S/C20H22ClNO3/c1-20(2,3)22(13-15-9-5-4-6-10-15)18(23)14-25-19(24)16-11-7-8-12-17(16)21/h4-12H,13-14H2,1-3H3. The van der Waals surface area contributed by atoms with Crippen molar-refractivity contribution in [1.29, 1.82) is 0 Å². The topological polar surface area (TPSA) is 46.6 Å². The number of carbonyl (C=O) groups excluding carboxylic acids is 2. The minimum Gasteiger partial charge on any atom is -0.452 e. The van der Waals surface area contributed by atoms with E-state index >= 15 is 0 Å². The second kappa shape index (κ2) is 8.17. The zero-order valence-corrected chi connectivity index (χ0v) is 15.4. The molecule has 0 aliphatic heterocycles. The molecule has 0 atom stereocenters. The molecule has 0 aliphatic rings. The quantitative estimate of drug-likeness (QED) is 0.747. The van der Waals surface area contributed by atoms with Gasteiger partial charge in [-0.25, -0.2) is 4.79 Å². The first-order valence-corrected chi connectivity index (χ1v) is 8.43. The molecular formula is C20H22ClNO3. The fraction of sp³-hybridized carbons (Fsp3) is 0.300. The maximum absolute atomic E-state index is 12.6. The third-order valence-corrected chi connectivity index (χ3v) is 4.04. The lowest BCUT2D eigenvalue weighted by molar-refractivity contribution is -0.140. The lowest BCUT2D eigenvalue weighted by Crippen LogP contribution is -2.46. The molecule has 0 saturated heterocycles. The number of amides is 1.